The van der Waals surface area contributed by atoms with Gasteiger partial charge in [-0.25, -0.2) is 0 Å². The lowest BCUT2D eigenvalue weighted by atomic mass is 10.2. The third kappa shape index (κ3) is 5.66. The number of nitrogens with one attached hydrogen (secondary N) is 1. The van der Waals surface area contributed by atoms with E-state index in [-0.39, 0.29) is 0 Å². The molecule has 0 amide bonds. The second-order valence-electron chi connectivity index (χ2n) is 6.41. The molecule has 0 unspecified atom stereocenters. The van der Waals surface area contributed by atoms with Crippen LogP contribution in [0.5, 0.6) is 11.5 Å². The summed E-state index contributed by atoms with van der Waals surface area (Å²) in [7, 11) is 1.60. The fourth-order valence-electron chi connectivity index (χ4n) is 2.98. The van der Waals surface area contributed by atoms with Crippen LogP contribution in [0.2, 0.25) is 15.1 Å². The van der Waals surface area contributed by atoms with E-state index in [0.29, 0.717) is 45.8 Å². The molecule has 0 aromatic heterocycles. The molecule has 2 aromatic carbocycles. The molecule has 1 atom stereocenters. The zero-order chi connectivity index (χ0) is 19.2. The van der Waals surface area contributed by atoms with Crippen LogP contribution in [0.4, 0.5) is 0 Å². The van der Waals surface area contributed by atoms with E-state index in [2.05, 4.69) is 5.32 Å². The Balaban J connectivity index is 1.63. The Morgan fingerprint density at radius 2 is 1.89 bits per heavy atom. The Morgan fingerprint density at radius 3 is 2.59 bits per heavy atom. The van der Waals surface area contributed by atoms with Gasteiger partial charge in [-0.15, -0.1) is 0 Å². The third-order valence-electron chi connectivity index (χ3n) is 4.38. The van der Waals surface area contributed by atoms with Gasteiger partial charge in [0, 0.05) is 19.7 Å². The van der Waals surface area contributed by atoms with Crippen molar-refractivity contribution in [2.24, 2.45) is 0 Å². The first-order valence-electron chi connectivity index (χ1n) is 8.82. The number of hydrogen-bond donors (Lipinski definition) is 1. The van der Waals surface area contributed by atoms with Crippen molar-refractivity contribution in [1.29, 1.82) is 0 Å². The molecule has 1 N–H and O–H groups in total. The van der Waals surface area contributed by atoms with E-state index in [9.17, 15) is 0 Å². The van der Waals surface area contributed by atoms with Crippen LogP contribution in [0, 0.1) is 0 Å². The lowest BCUT2D eigenvalue weighted by Crippen LogP contribution is -2.25. The SMILES string of the molecule is COc1cc(CNC[C@@H]2CCCO2)cc(Cl)c1OCc1ccc(Cl)c(Cl)c1. The fourth-order valence-corrected chi connectivity index (χ4v) is 3.59. The molecule has 0 radical (unpaired) electrons. The maximum Gasteiger partial charge on any atom is 0.180 e. The first-order valence-corrected chi connectivity index (χ1v) is 9.95. The molecule has 1 heterocycles. The Hall–Kier alpha value is -1.17. The number of halogens is 3. The molecule has 0 saturated carbocycles. The number of ether oxygens (including phenoxy) is 3. The monoisotopic (exact) mass is 429 g/mol. The Labute approximate surface area is 174 Å². The van der Waals surface area contributed by atoms with Crippen molar-refractivity contribution < 1.29 is 14.2 Å². The second-order valence-corrected chi connectivity index (χ2v) is 7.63. The molecular weight excluding hydrogens is 409 g/mol. The van der Waals surface area contributed by atoms with Crippen LogP contribution in [0.1, 0.15) is 24.0 Å². The summed E-state index contributed by atoms with van der Waals surface area (Å²) in [6, 6.07) is 9.19. The van der Waals surface area contributed by atoms with Crippen LogP contribution in [0.15, 0.2) is 30.3 Å². The molecule has 1 aliphatic heterocycles. The van der Waals surface area contributed by atoms with Crippen molar-refractivity contribution in [1.82, 2.24) is 5.32 Å². The van der Waals surface area contributed by atoms with Gasteiger partial charge in [0.05, 0.1) is 28.3 Å². The predicted octanol–water partition coefficient (Wildman–Crippen LogP) is 5.50. The van der Waals surface area contributed by atoms with Crippen LogP contribution in [-0.2, 0) is 17.9 Å². The number of methoxy groups -OCH3 is 1. The zero-order valence-corrected chi connectivity index (χ0v) is 17.3. The van der Waals surface area contributed by atoms with Gasteiger partial charge >= 0.3 is 0 Å². The third-order valence-corrected chi connectivity index (χ3v) is 5.40. The normalized spacial score (nSPS) is 16.5. The minimum atomic E-state index is 0.302. The summed E-state index contributed by atoms with van der Waals surface area (Å²) in [6.45, 7) is 2.68. The molecule has 0 spiro atoms. The van der Waals surface area contributed by atoms with Gasteiger partial charge in [-0.05, 0) is 48.2 Å². The van der Waals surface area contributed by atoms with Crippen LogP contribution in [-0.4, -0.2) is 26.4 Å². The van der Waals surface area contributed by atoms with Crippen molar-refractivity contribution in [3.05, 3.63) is 56.5 Å². The summed E-state index contributed by atoms with van der Waals surface area (Å²) in [6.07, 6.45) is 2.55. The topological polar surface area (TPSA) is 39.7 Å². The molecule has 7 heteroatoms. The number of hydrogen-bond acceptors (Lipinski definition) is 4. The number of benzene rings is 2. The van der Waals surface area contributed by atoms with Crippen molar-refractivity contribution in [3.8, 4) is 11.5 Å². The Morgan fingerprint density at radius 1 is 1.07 bits per heavy atom. The highest BCUT2D eigenvalue weighted by atomic mass is 35.5. The first-order chi connectivity index (χ1) is 13.1. The summed E-state index contributed by atoms with van der Waals surface area (Å²) in [4.78, 5) is 0. The molecule has 1 aliphatic rings. The van der Waals surface area contributed by atoms with Crippen molar-refractivity contribution in [2.75, 3.05) is 20.3 Å². The molecule has 0 bridgehead atoms. The minimum absolute atomic E-state index is 0.302. The Kier molecular flexibility index (Phi) is 7.50. The summed E-state index contributed by atoms with van der Waals surface area (Å²) >= 11 is 18.4. The minimum Gasteiger partial charge on any atom is -0.493 e. The summed E-state index contributed by atoms with van der Waals surface area (Å²) in [5.74, 6) is 1.10. The van der Waals surface area contributed by atoms with E-state index >= 15 is 0 Å². The highest BCUT2D eigenvalue weighted by Crippen LogP contribution is 2.37. The lowest BCUT2D eigenvalue weighted by Gasteiger charge is -2.15. The van der Waals surface area contributed by atoms with E-state index in [4.69, 9.17) is 49.0 Å². The predicted molar refractivity (Wildman–Crippen MR) is 109 cm³/mol. The number of rotatable bonds is 8. The quantitative estimate of drug-likeness (QED) is 0.600. The van der Waals surface area contributed by atoms with E-state index in [1.807, 2.05) is 18.2 Å². The van der Waals surface area contributed by atoms with Gasteiger partial charge in [0.25, 0.3) is 0 Å². The zero-order valence-electron chi connectivity index (χ0n) is 15.1. The van der Waals surface area contributed by atoms with Crippen LogP contribution in [0.25, 0.3) is 0 Å². The molecular formula is C20H22Cl3NO3. The van der Waals surface area contributed by atoms with Gasteiger partial charge in [0.2, 0.25) is 0 Å². The Bertz CT molecular complexity index is 779. The van der Waals surface area contributed by atoms with Gasteiger partial charge in [-0.2, -0.15) is 0 Å². The molecule has 0 aliphatic carbocycles. The van der Waals surface area contributed by atoms with Crippen LogP contribution < -0.4 is 14.8 Å². The second kappa shape index (κ2) is 9.85. The molecule has 27 heavy (non-hydrogen) atoms. The molecule has 1 saturated heterocycles. The summed E-state index contributed by atoms with van der Waals surface area (Å²) in [5.41, 5.74) is 1.92. The van der Waals surface area contributed by atoms with Crippen molar-refractivity contribution in [3.63, 3.8) is 0 Å². The van der Waals surface area contributed by atoms with E-state index in [1.54, 1.807) is 19.2 Å². The average Bonchev–Trinajstić information content (AvgIpc) is 3.16. The van der Waals surface area contributed by atoms with Crippen molar-refractivity contribution >= 4 is 34.8 Å². The molecule has 146 valence electrons. The van der Waals surface area contributed by atoms with E-state index in [1.165, 1.54) is 0 Å². The van der Waals surface area contributed by atoms with Crippen molar-refractivity contribution in [2.45, 2.75) is 32.1 Å². The lowest BCUT2D eigenvalue weighted by molar-refractivity contribution is 0.110. The van der Waals surface area contributed by atoms with Crippen LogP contribution in [0.3, 0.4) is 0 Å². The average molecular weight is 431 g/mol. The van der Waals surface area contributed by atoms with Gasteiger partial charge < -0.3 is 19.5 Å². The molecule has 3 rings (SSSR count). The molecule has 4 nitrogen and oxygen atoms in total. The van der Waals surface area contributed by atoms with Gasteiger partial charge in [0.1, 0.15) is 6.61 Å². The summed E-state index contributed by atoms with van der Waals surface area (Å²) < 4.78 is 17.0. The van der Waals surface area contributed by atoms with E-state index in [0.717, 1.165) is 37.1 Å². The van der Waals surface area contributed by atoms with Gasteiger partial charge in [0.15, 0.2) is 11.5 Å². The van der Waals surface area contributed by atoms with Crippen LogP contribution >= 0.6 is 34.8 Å². The maximum absolute atomic E-state index is 6.44. The van der Waals surface area contributed by atoms with Gasteiger partial charge in [-0.3, -0.25) is 0 Å². The van der Waals surface area contributed by atoms with E-state index < -0.39 is 0 Å². The largest absolute Gasteiger partial charge is 0.493 e. The first kappa shape index (κ1) is 20.6. The summed E-state index contributed by atoms with van der Waals surface area (Å²) in [5, 5.41) is 4.91. The smallest absolute Gasteiger partial charge is 0.180 e. The highest BCUT2D eigenvalue weighted by Gasteiger charge is 2.16. The maximum atomic E-state index is 6.44. The van der Waals surface area contributed by atoms with Gasteiger partial charge in [-0.1, -0.05) is 40.9 Å². The molecule has 1 fully saturated rings. The highest BCUT2D eigenvalue weighted by molar-refractivity contribution is 6.42. The standard InChI is InChI=1S/C20H22Cl3NO3/c1-25-19-9-14(10-24-11-15-3-2-6-26-15)8-18(23)20(19)27-12-13-4-5-16(21)17(22)7-13/h4-5,7-9,15,24H,2-3,6,10-12H2,1H3/t15-/m0/s1. The fraction of sp³-hybridized carbons (Fsp3) is 0.400. The molecule has 2 aromatic rings.